The highest BCUT2D eigenvalue weighted by molar-refractivity contribution is 5.75. The molecule has 0 saturated heterocycles. The maximum atomic E-state index is 13.1. The van der Waals surface area contributed by atoms with Crippen LogP contribution >= 0.6 is 0 Å². The maximum absolute atomic E-state index is 13.1. The van der Waals surface area contributed by atoms with E-state index < -0.39 is 11.7 Å². The first-order valence-corrected chi connectivity index (χ1v) is 11.2. The Hall–Kier alpha value is -3.95. The van der Waals surface area contributed by atoms with Gasteiger partial charge in [0.25, 0.3) is 0 Å². The summed E-state index contributed by atoms with van der Waals surface area (Å²) in [6.07, 6.45) is 1.18. The van der Waals surface area contributed by atoms with E-state index in [9.17, 15) is 18.0 Å². The molecule has 4 rings (SSSR count). The number of amides is 1. The van der Waals surface area contributed by atoms with Gasteiger partial charge in [-0.3, -0.25) is 9.78 Å². The maximum Gasteiger partial charge on any atom is 0.417 e. The van der Waals surface area contributed by atoms with Gasteiger partial charge in [0, 0.05) is 36.5 Å². The molecule has 10 heteroatoms. The fourth-order valence-electron chi connectivity index (χ4n) is 3.49. The van der Waals surface area contributed by atoms with E-state index in [2.05, 4.69) is 20.4 Å². The lowest BCUT2D eigenvalue weighted by Gasteiger charge is -2.09. The minimum atomic E-state index is -4.49. The van der Waals surface area contributed by atoms with Crippen molar-refractivity contribution in [1.29, 1.82) is 0 Å². The number of ether oxygens (including phenoxy) is 1. The highest BCUT2D eigenvalue weighted by Gasteiger charge is 2.31. The van der Waals surface area contributed by atoms with Crippen molar-refractivity contribution in [2.45, 2.75) is 32.4 Å². The number of carbonyl (C=O) groups is 1. The lowest BCUT2D eigenvalue weighted by molar-refractivity contribution is -0.137. The first-order valence-electron chi connectivity index (χ1n) is 11.2. The van der Waals surface area contributed by atoms with E-state index in [-0.39, 0.29) is 11.5 Å². The lowest BCUT2D eigenvalue weighted by Crippen LogP contribution is -2.24. The second-order valence-electron chi connectivity index (χ2n) is 7.92. The zero-order valence-electron chi connectivity index (χ0n) is 19.0. The van der Waals surface area contributed by atoms with Gasteiger partial charge in [-0.15, -0.1) is 0 Å². The first-order chi connectivity index (χ1) is 16.8. The van der Waals surface area contributed by atoms with Gasteiger partial charge in [-0.2, -0.15) is 18.3 Å². The number of fused-ring (bicyclic) bond motifs is 1. The Morgan fingerprint density at radius 1 is 1.06 bits per heavy atom. The molecule has 0 saturated carbocycles. The molecule has 0 unspecified atom stereocenters. The van der Waals surface area contributed by atoms with Gasteiger partial charge < -0.3 is 10.1 Å². The number of rotatable bonds is 9. The number of nitrogens with zero attached hydrogens (tertiary/aromatic N) is 4. The largest absolute Gasteiger partial charge is 0.494 e. The third-order valence-corrected chi connectivity index (χ3v) is 5.26. The first kappa shape index (κ1) is 24.2. The second kappa shape index (κ2) is 10.5. The van der Waals surface area contributed by atoms with Crippen molar-refractivity contribution in [3.63, 3.8) is 0 Å². The summed E-state index contributed by atoms with van der Waals surface area (Å²) < 4.78 is 46.6. The summed E-state index contributed by atoms with van der Waals surface area (Å²) in [5.41, 5.74) is 1.79. The Bertz CT molecular complexity index is 1300. The molecular weight excluding hydrogens is 459 g/mol. The molecule has 0 radical (unpaired) electrons. The van der Waals surface area contributed by atoms with E-state index in [0.29, 0.717) is 48.8 Å². The summed E-state index contributed by atoms with van der Waals surface area (Å²) in [6, 6.07) is 11.9. The summed E-state index contributed by atoms with van der Waals surface area (Å²) >= 11 is 0. The number of nitrogens with one attached hydrogen (secondary N) is 1. The highest BCUT2D eigenvalue weighted by atomic mass is 19.4. The van der Waals surface area contributed by atoms with Crippen molar-refractivity contribution >= 4 is 11.6 Å². The van der Waals surface area contributed by atoms with Gasteiger partial charge in [-0.1, -0.05) is 6.92 Å². The standard InChI is InChI=1S/C25H24F3N5O2/c1-2-4-24(34)30-11-3-12-35-20-7-5-17(6-8-20)21-9-10-23-31-16-22(33(23)32-21)18-13-19(15-29-14-18)25(26,27)28/h5-10,13-16H,2-4,11-12H2,1H3,(H,30,34). The van der Waals surface area contributed by atoms with E-state index in [0.717, 1.165) is 24.2 Å². The van der Waals surface area contributed by atoms with Crippen molar-refractivity contribution in [3.05, 3.63) is 66.6 Å². The van der Waals surface area contributed by atoms with E-state index in [4.69, 9.17) is 4.74 Å². The van der Waals surface area contributed by atoms with Crippen LogP contribution in [-0.4, -0.2) is 38.6 Å². The summed E-state index contributed by atoms with van der Waals surface area (Å²) in [4.78, 5) is 19.4. The van der Waals surface area contributed by atoms with Crippen LogP contribution < -0.4 is 10.1 Å². The average Bonchev–Trinajstić information content (AvgIpc) is 3.27. The molecule has 0 atom stereocenters. The van der Waals surface area contributed by atoms with Gasteiger partial charge in [0.15, 0.2) is 5.65 Å². The Morgan fingerprint density at radius 3 is 2.60 bits per heavy atom. The summed E-state index contributed by atoms with van der Waals surface area (Å²) in [5.74, 6) is 0.736. The molecule has 0 fully saturated rings. The molecule has 4 aromatic rings. The number of alkyl halides is 3. The minimum absolute atomic E-state index is 0.0479. The number of hydrogen-bond donors (Lipinski definition) is 1. The molecule has 1 N–H and O–H groups in total. The van der Waals surface area contributed by atoms with Gasteiger partial charge in [0.1, 0.15) is 5.75 Å². The van der Waals surface area contributed by atoms with Crippen LogP contribution in [0.3, 0.4) is 0 Å². The number of halogens is 3. The third kappa shape index (κ3) is 5.95. The van der Waals surface area contributed by atoms with Crippen molar-refractivity contribution in [3.8, 4) is 28.3 Å². The molecule has 3 heterocycles. The van der Waals surface area contributed by atoms with Crippen molar-refractivity contribution in [1.82, 2.24) is 24.9 Å². The number of aromatic nitrogens is 4. The second-order valence-corrected chi connectivity index (χ2v) is 7.92. The number of carbonyl (C=O) groups excluding carboxylic acids is 1. The topological polar surface area (TPSA) is 81.4 Å². The fourth-order valence-corrected chi connectivity index (χ4v) is 3.49. The number of imidazole rings is 1. The quantitative estimate of drug-likeness (QED) is 0.333. The minimum Gasteiger partial charge on any atom is -0.494 e. The molecule has 7 nitrogen and oxygen atoms in total. The summed E-state index contributed by atoms with van der Waals surface area (Å²) in [7, 11) is 0. The molecule has 0 spiro atoms. The molecule has 0 aliphatic heterocycles. The molecule has 1 amide bonds. The van der Waals surface area contributed by atoms with Crippen LogP contribution in [0, 0.1) is 0 Å². The van der Waals surface area contributed by atoms with Crippen molar-refractivity contribution in [2.75, 3.05) is 13.2 Å². The zero-order chi connectivity index (χ0) is 24.8. The van der Waals surface area contributed by atoms with Gasteiger partial charge in [0.2, 0.25) is 5.91 Å². The Kier molecular flexibility index (Phi) is 7.28. The van der Waals surface area contributed by atoms with Crippen LogP contribution in [0.15, 0.2) is 61.1 Å². The molecule has 1 aromatic carbocycles. The van der Waals surface area contributed by atoms with Crippen LogP contribution in [0.4, 0.5) is 13.2 Å². The molecule has 182 valence electrons. The molecular formula is C25H24F3N5O2. The average molecular weight is 483 g/mol. The Balaban J connectivity index is 1.46. The number of benzene rings is 1. The van der Waals surface area contributed by atoms with E-state index in [1.165, 1.54) is 16.9 Å². The van der Waals surface area contributed by atoms with Crippen LogP contribution in [-0.2, 0) is 11.0 Å². The van der Waals surface area contributed by atoms with Crippen molar-refractivity contribution in [2.24, 2.45) is 0 Å². The third-order valence-electron chi connectivity index (χ3n) is 5.26. The van der Waals surface area contributed by atoms with Gasteiger partial charge in [-0.25, -0.2) is 9.50 Å². The van der Waals surface area contributed by atoms with E-state index >= 15 is 0 Å². The zero-order valence-corrected chi connectivity index (χ0v) is 19.0. The predicted octanol–water partition coefficient (Wildman–Crippen LogP) is 5.16. The van der Waals surface area contributed by atoms with Crippen molar-refractivity contribution < 1.29 is 22.7 Å². The summed E-state index contributed by atoms with van der Waals surface area (Å²) in [5, 5.41) is 7.43. The Labute approximate surface area is 200 Å². The molecule has 0 bridgehead atoms. The van der Waals surface area contributed by atoms with E-state index in [1.807, 2.05) is 31.2 Å². The van der Waals surface area contributed by atoms with Crippen LogP contribution in [0.25, 0.3) is 28.2 Å². The SMILES string of the molecule is CCCC(=O)NCCCOc1ccc(-c2ccc3ncc(-c4cncc(C(F)(F)F)c4)n3n2)cc1. The predicted molar refractivity (Wildman–Crippen MR) is 125 cm³/mol. The summed E-state index contributed by atoms with van der Waals surface area (Å²) in [6.45, 7) is 3.00. The van der Waals surface area contributed by atoms with Crippen LogP contribution in [0.2, 0.25) is 0 Å². The fraction of sp³-hybridized carbons (Fsp3) is 0.280. The molecule has 35 heavy (non-hydrogen) atoms. The smallest absolute Gasteiger partial charge is 0.417 e. The highest BCUT2D eigenvalue weighted by Crippen LogP contribution is 2.31. The lowest BCUT2D eigenvalue weighted by atomic mass is 10.1. The van der Waals surface area contributed by atoms with Crippen LogP contribution in [0.5, 0.6) is 5.75 Å². The van der Waals surface area contributed by atoms with Gasteiger partial charge in [0.05, 0.1) is 29.8 Å². The van der Waals surface area contributed by atoms with Crippen LogP contribution in [0.1, 0.15) is 31.7 Å². The molecule has 0 aliphatic carbocycles. The number of pyridine rings is 1. The molecule has 3 aromatic heterocycles. The Morgan fingerprint density at radius 2 is 1.86 bits per heavy atom. The number of hydrogen-bond acceptors (Lipinski definition) is 5. The molecule has 0 aliphatic rings. The van der Waals surface area contributed by atoms with Gasteiger partial charge >= 0.3 is 6.18 Å². The normalized spacial score (nSPS) is 11.5. The van der Waals surface area contributed by atoms with E-state index in [1.54, 1.807) is 12.1 Å². The monoisotopic (exact) mass is 483 g/mol. The van der Waals surface area contributed by atoms with Gasteiger partial charge in [-0.05, 0) is 55.3 Å².